The van der Waals surface area contributed by atoms with Crippen LogP contribution in [0.1, 0.15) is 26.3 Å². The number of nitrogens with two attached hydrogens (primary N) is 1. The molecule has 0 heterocycles. The third-order valence-corrected chi connectivity index (χ3v) is 5.85. The number of benzene rings is 4. The lowest BCUT2D eigenvalue weighted by molar-refractivity contribution is 0.0697. The Morgan fingerprint density at radius 2 is 1.61 bits per heavy atom. The number of carboxylic acid groups (broad SMARTS) is 1. The fourth-order valence-corrected chi connectivity index (χ4v) is 4.25. The molecule has 0 atom stereocenters. The van der Waals surface area contributed by atoms with E-state index < -0.39 is 22.0 Å². The van der Waals surface area contributed by atoms with Crippen molar-refractivity contribution in [3.63, 3.8) is 0 Å². The molecule has 5 N–H and O–H groups in total. The van der Waals surface area contributed by atoms with Crippen LogP contribution in [0.4, 0.5) is 5.69 Å². The zero-order chi connectivity index (χ0) is 26.0. The molecule has 0 aliphatic carbocycles. The van der Waals surface area contributed by atoms with E-state index in [0.29, 0.717) is 27.6 Å². The second-order valence-corrected chi connectivity index (χ2v) is 9.53. The molecule has 0 aliphatic rings. The summed E-state index contributed by atoms with van der Waals surface area (Å²) in [5.74, 6) is -1.81. The summed E-state index contributed by atoms with van der Waals surface area (Å²) < 4.78 is 28.4. The SMILES string of the molecule is CS(=O)(=O)Oc1cccc2cc(-c3ccccc3C(=O)Nc3ccc(C(=N)N)cc3)c(C(=O)O)cc12. The molecule has 4 rings (SSSR count). The number of nitrogens with one attached hydrogen (secondary N) is 2. The lowest BCUT2D eigenvalue weighted by Gasteiger charge is -2.15. The van der Waals surface area contributed by atoms with Crippen molar-refractivity contribution in [1.29, 1.82) is 5.41 Å². The number of hydrogen-bond donors (Lipinski definition) is 4. The van der Waals surface area contributed by atoms with Crippen LogP contribution in [0, 0.1) is 5.41 Å². The number of hydrogen-bond acceptors (Lipinski definition) is 6. The number of carbonyl (C=O) groups is 2. The first-order valence-electron chi connectivity index (χ1n) is 10.6. The smallest absolute Gasteiger partial charge is 0.336 e. The minimum atomic E-state index is -3.84. The Bertz CT molecular complexity index is 1630. The molecule has 0 fully saturated rings. The first-order chi connectivity index (χ1) is 17.0. The Kier molecular flexibility index (Phi) is 6.45. The summed E-state index contributed by atoms with van der Waals surface area (Å²) in [6, 6.07) is 20.6. The van der Waals surface area contributed by atoms with Gasteiger partial charge in [-0.25, -0.2) is 4.79 Å². The Hall–Kier alpha value is -4.70. The first kappa shape index (κ1) is 24.4. The number of nitrogen functional groups attached to an aromatic ring is 1. The molecule has 0 spiro atoms. The maximum Gasteiger partial charge on any atom is 0.336 e. The molecule has 0 saturated heterocycles. The standard InChI is InChI=1S/C26H21N3O6S/c1-36(33,34)35-23-8-4-5-16-13-21(22(26(31)32)14-20(16)23)18-6-2-3-7-19(18)25(30)29-17-11-9-15(10-12-17)24(27)28/h2-14H,1H3,(H3,27,28)(H,29,30)(H,31,32). The number of carbonyl (C=O) groups excluding carboxylic acids is 1. The lowest BCUT2D eigenvalue weighted by Crippen LogP contribution is -2.15. The van der Waals surface area contributed by atoms with E-state index in [1.54, 1.807) is 66.7 Å². The minimum absolute atomic E-state index is 0.00378. The van der Waals surface area contributed by atoms with E-state index in [1.165, 1.54) is 12.1 Å². The fourth-order valence-electron chi connectivity index (χ4n) is 3.78. The molecule has 0 bridgehead atoms. The average Bonchev–Trinajstić information content (AvgIpc) is 2.82. The van der Waals surface area contributed by atoms with Crippen LogP contribution in [-0.4, -0.2) is 37.5 Å². The third kappa shape index (κ3) is 5.18. The Balaban J connectivity index is 1.81. The van der Waals surface area contributed by atoms with Crippen molar-refractivity contribution in [3.8, 4) is 16.9 Å². The zero-order valence-corrected chi connectivity index (χ0v) is 19.8. The quantitative estimate of drug-likeness (QED) is 0.168. The van der Waals surface area contributed by atoms with Crippen LogP contribution in [-0.2, 0) is 10.1 Å². The summed E-state index contributed by atoms with van der Waals surface area (Å²) in [4.78, 5) is 25.4. The summed E-state index contributed by atoms with van der Waals surface area (Å²) >= 11 is 0. The number of aromatic carboxylic acids is 1. The van der Waals surface area contributed by atoms with Gasteiger partial charge in [-0.1, -0.05) is 30.3 Å². The van der Waals surface area contributed by atoms with Crippen molar-refractivity contribution in [2.75, 3.05) is 11.6 Å². The highest BCUT2D eigenvalue weighted by atomic mass is 32.2. The zero-order valence-electron chi connectivity index (χ0n) is 19.0. The van der Waals surface area contributed by atoms with E-state index in [-0.39, 0.29) is 28.3 Å². The van der Waals surface area contributed by atoms with Gasteiger partial charge < -0.3 is 20.3 Å². The Morgan fingerprint density at radius 1 is 0.917 bits per heavy atom. The number of carboxylic acids is 1. The molecule has 0 radical (unpaired) electrons. The molecular formula is C26H21N3O6S. The van der Waals surface area contributed by atoms with Gasteiger partial charge in [-0.3, -0.25) is 10.2 Å². The van der Waals surface area contributed by atoms with Crippen molar-refractivity contribution in [2.45, 2.75) is 0 Å². The monoisotopic (exact) mass is 503 g/mol. The van der Waals surface area contributed by atoms with Crippen molar-refractivity contribution < 1.29 is 27.3 Å². The summed E-state index contributed by atoms with van der Waals surface area (Å²) in [7, 11) is -3.84. The van der Waals surface area contributed by atoms with E-state index in [2.05, 4.69) is 5.32 Å². The van der Waals surface area contributed by atoms with Gasteiger partial charge in [0.1, 0.15) is 11.6 Å². The number of amidine groups is 1. The van der Waals surface area contributed by atoms with E-state index in [0.717, 1.165) is 6.26 Å². The molecule has 10 heteroatoms. The second kappa shape index (κ2) is 9.51. The molecule has 4 aromatic carbocycles. The van der Waals surface area contributed by atoms with Gasteiger partial charge in [0.05, 0.1) is 11.8 Å². The lowest BCUT2D eigenvalue weighted by atomic mass is 9.92. The van der Waals surface area contributed by atoms with Crippen molar-refractivity contribution >= 4 is 44.3 Å². The topological polar surface area (TPSA) is 160 Å². The van der Waals surface area contributed by atoms with Crippen molar-refractivity contribution in [3.05, 3.63) is 95.6 Å². The molecule has 182 valence electrons. The van der Waals surface area contributed by atoms with Crippen LogP contribution >= 0.6 is 0 Å². The van der Waals surface area contributed by atoms with Gasteiger partial charge in [-0.15, -0.1) is 0 Å². The fraction of sp³-hybridized carbons (Fsp3) is 0.0385. The largest absolute Gasteiger partial charge is 0.478 e. The molecule has 4 aromatic rings. The Morgan fingerprint density at radius 3 is 2.25 bits per heavy atom. The number of amides is 1. The summed E-state index contributed by atoms with van der Waals surface area (Å²) in [6.45, 7) is 0. The van der Waals surface area contributed by atoms with Gasteiger partial charge in [0, 0.05) is 22.2 Å². The molecule has 9 nitrogen and oxygen atoms in total. The number of anilines is 1. The predicted octanol–water partition coefficient (Wildman–Crippen LogP) is 4.08. The highest BCUT2D eigenvalue weighted by Gasteiger charge is 2.21. The minimum Gasteiger partial charge on any atom is -0.478 e. The van der Waals surface area contributed by atoms with Crippen LogP contribution < -0.4 is 15.2 Å². The van der Waals surface area contributed by atoms with E-state index >= 15 is 0 Å². The summed E-state index contributed by atoms with van der Waals surface area (Å²) in [5.41, 5.74) is 7.22. The number of rotatable bonds is 7. The van der Waals surface area contributed by atoms with Gasteiger partial charge in [0.25, 0.3) is 5.91 Å². The summed E-state index contributed by atoms with van der Waals surface area (Å²) in [6.07, 6.45) is 0.904. The van der Waals surface area contributed by atoms with Crippen molar-refractivity contribution in [1.82, 2.24) is 0 Å². The van der Waals surface area contributed by atoms with Crippen molar-refractivity contribution in [2.24, 2.45) is 5.73 Å². The maximum atomic E-state index is 13.2. The normalized spacial score (nSPS) is 11.1. The van der Waals surface area contributed by atoms with E-state index in [1.807, 2.05) is 0 Å². The summed E-state index contributed by atoms with van der Waals surface area (Å²) in [5, 5.41) is 21.0. The molecule has 1 amide bonds. The highest BCUT2D eigenvalue weighted by Crippen LogP contribution is 2.35. The molecule has 0 unspecified atom stereocenters. The molecule has 36 heavy (non-hydrogen) atoms. The molecule has 0 aliphatic heterocycles. The van der Waals surface area contributed by atoms with Crippen LogP contribution in [0.5, 0.6) is 5.75 Å². The highest BCUT2D eigenvalue weighted by molar-refractivity contribution is 7.86. The second-order valence-electron chi connectivity index (χ2n) is 7.96. The maximum absolute atomic E-state index is 13.2. The van der Waals surface area contributed by atoms with Gasteiger partial charge in [-0.05, 0) is 65.0 Å². The van der Waals surface area contributed by atoms with Crippen LogP contribution in [0.2, 0.25) is 0 Å². The van der Waals surface area contributed by atoms with Gasteiger partial charge in [0.15, 0.2) is 0 Å². The van der Waals surface area contributed by atoms with Crippen LogP contribution in [0.25, 0.3) is 21.9 Å². The Labute approximate surface area is 206 Å². The number of fused-ring (bicyclic) bond motifs is 1. The van der Waals surface area contributed by atoms with E-state index in [4.69, 9.17) is 15.3 Å². The predicted molar refractivity (Wildman–Crippen MR) is 137 cm³/mol. The average molecular weight is 504 g/mol. The van der Waals surface area contributed by atoms with Crippen LogP contribution in [0.15, 0.2) is 78.9 Å². The van der Waals surface area contributed by atoms with E-state index in [9.17, 15) is 23.1 Å². The molecule has 0 aromatic heterocycles. The molecule has 0 saturated carbocycles. The first-order valence-corrected chi connectivity index (χ1v) is 12.4. The van der Waals surface area contributed by atoms with Crippen LogP contribution in [0.3, 0.4) is 0 Å². The van der Waals surface area contributed by atoms with Gasteiger partial charge in [-0.2, -0.15) is 8.42 Å². The molecular weight excluding hydrogens is 482 g/mol. The van der Waals surface area contributed by atoms with Gasteiger partial charge >= 0.3 is 16.1 Å². The third-order valence-electron chi connectivity index (χ3n) is 5.37. The van der Waals surface area contributed by atoms with Gasteiger partial charge in [0.2, 0.25) is 0 Å².